The van der Waals surface area contributed by atoms with E-state index in [-0.39, 0.29) is 18.9 Å². The molecule has 0 aromatic heterocycles. The summed E-state index contributed by atoms with van der Waals surface area (Å²) in [6.45, 7) is 6.51. The summed E-state index contributed by atoms with van der Waals surface area (Å²) in [6, 6.07) is 12.6. The molecule has 0 heterocycles. The van der Waals surface area contributed by atoms with E-state index >= 15 is 0 Å². The Morgan fingerprint density at radius 3 is 2.54 bits per heavy atom. The van der Waals surface area contributed by atoms with Gasteiger partial charge in [0.15, 0.2) is 0 Å². The minimum absolute atomic E-state index is 0. The molecule has 2 aromatic rings. The van der Waals surface area contributed by atoms with Gasteiger partial charge in [-0.05, 0) is 84.9 Å². The number of aryl methyl sites for hydroxylation is 1. The van der Waals surface area contributed by atoms with Crippen molar-refractivity contribution >= 4 is 23.6 Å². The molecule has 0 saturated heterocycles. The summed E-state index contributed by atoms with van der Waals surface area (Å²) in [5.41, 5.74) is 4.18. The summed E-state index contributed by atoms with van der Waals surface area (Å²) in [5, 5.41) is 16.5. The normalized spacial score (nSPS) is 14.6. The van der Waals surface area contributed by atoms with Gasteiger partial charge in [-0.15, -0.1) is 0 Å². The van der Waals surface area contributed by atoms with Crippen LogP contribution in [0.4, 0.5) is 0 Å². The fraction of sp³-hybridized carbons (Fsp3) is 0.548. The summed E-state index contributed by atoms with van der Waals surface area (Å²) < 4.78 is 0. The van der Waals surface area contributed by atoms with Crippen molar-refractivity contribution in [3.63, 3.8) is 0 Å². The molecule has 1 N–H and O–H groups in total. The van der Waals surface area contributed by atoms with E-state index in [0.717, 1.165) is 48.2 Å². The number of thioether (sulfide) groups is 1. The van der Waals surface area contributed by atoms with Crippen LogP contribution in [0.5, 0.6) is 0 Å². The van der Waals surface area contributed by atoms with Crippen LogP contribution >= 0.6 is 11.8 Å². The van der Waals surface area contributed by atoms with Crippen LogP contribution in [0, 0.1) is 12.8 Å². The van der Waals surface area contributed by atoms with Crippen LogP contribution in [-0.2, 0) is 16.2 Å². The van der Waals surface area contributed by atoms with Crippen molar-refractivity contribution in [1.82, 2.24) is 10.4 Å². The molecule has 0 unspecified atom stereocenters. The minimum Gasteiger partial charge on any atom is -0.548 e. The molecule has 0 bridgehead atoms. The van der Waals surface area contributed by atoms with E-state index in [1.54, 1.807) is 6.07 Å². The first kappa shape index (κ1) is 33.5. The van der Waals surface area contributed by atoms with Gasteiger partial charge in [-0.3, -0.25) is 9.63 Å². The maximum atomic E-state index is 13.3. The Kier molecular flexibility index (Phi) is 15.3. The molecule has 208 valence electrons. The second-order valence-corrected chi connectivity index (χ2v) is 11.3. The number of benzene rings is 2. The number of carboxylic acids is 1. The molecule has 1 saturated carbocycles. The van der Waals surface area contributed by atoms with Crippen LogP contribution in [0.1, 0.15) is 79.8 Å². The number of carbonyl (C=O) groups excluding carboxylic acids is 2. The Bertz CT molecular complexity index is 1040. The molecule has 0 aliphatic heterocycles. The molecule has 3 rings (SSSR count). The summed E-state index contributed by atoms with van der Waals surface area (Å²) in [5.74, 6) is -0.361. The molecule has 1 aliphatic carbocycles. The number of carboxylic acid groups (broad SMARTS) is 1. The summed E-state index contributed by atoms with van der Waals surface area (Å²) >= 11 is 1.54. The smallest absolute Gasteiger partial charge is 0.548 e. The van der Waals surface area contributed by atoms with E-state index in [1.807, 2.05) is 49.6 Å². The number of carbonyl (C=O) groups is 2. The second-order valence-electron chi connectivity index (χ2n) is 10.3. The number of hydrogen-bond acceptors (Lipinski definition) is 6. The topological polar surface area (TPSA) is 81.7 Å². The average molecular weight is 547 g/mol. The molecule has 1 amide bonds. The van der Waals surface area contributed by atoms with Gasteiger partial charge in [0.05, 0.1) is 18.6 Å². The Balaban J connectivity index is 0.00000533. The molecule has 39 heavy (non-hydrogen) atoms. The van der Waals surface area contributed by atoms with E-state index in [1.165, 1.54) is 43.9 Å². The number of nitrogens with one attached hydrogen (secondary N) is 1. The van der Waals surface area contributed by atoms with Crippen molar-refractivity contribution in [3.8, 4) is 11.1 Å². The van der Waals surface area contributed by atoms with Crippen LogP contribution in [0.2, 0.25) is 0 Å². The van der Waals surface area contributed by atoms with Gasteiger partial charge in [0.1, 0.15) is 0 Å². The monoisotopic (exact) mass is 546 g/mol. The zero-order chi connectivity index (χ0) is 27.3. The van der Waals surface area contributed by atoms with Crippen LogP contribution < -0.4 is 29.3 Å². The van der Waals surface area contributed by atoms with Gasteiger partial charge in [-0.25, -0.2) is 0 Å². The summed E-state index contributed by atoms with van der Waals surface area (Å²) in [6.07, 6.45) is 11.0. The van der Waals surface area contributed by atoms with Crippen molar-refractivity contribution in [2.45, 2.75) is 77.9 Å². The maximum Gasteiger partial charge on any atom is 1.00 e. The Hall–Kier alpha value is -1.75. The molecule has 0 spiro atoms. The summed E-state index contributed by atoms with van der Waals surface area (Å²) in [4.78, 5) is 31.3. The maximum absolute atomic E-state index is 13.3. The van der Waals surface area contributed by atoms with Gasteiger partial charge in [0.25, 0.3) is 5.91 Å². The van der Waals surface area contributed by atoms with Gasteiger partial charge in [-0.1, -0.05) is 62.9 Å². The first-order valence-corrected chi connectivity index (χ1v) is 15.4. The van der Waals surface area contributed by atoms with Crippen molar-refractivity contribution in [3.05, 3.63) is 59.2 Å². The SMILES string of the molecule is CCCCN(CC1CCCCC1)OCc1ccc(C(=O)N[C@@H](CCSC)C(=O)[O-])c(-c2ccccc2C)c1.[Li+]. The van der Waals surface area contributed by atoms with E-state index in [4.69, 9.17) is 4.84 Å². The Morgan fingerprint density at radius 1 is 1.13 bits per heavy atom. The van der Waals surface area contributed by atoms with Crippen LogP contribution in [0.3, 0.4) is 0 Å². The summed E-state index contributed by atoms with van der Waals surface area (Å²) in [7, 11) is 0. The van der Waals surface area contributed by atoms with E-state index in [2.05, 4.69) is 17.3 Å². The molecule has 2 aromatic carbocycles. The second kappa shape index (κ2) is 17.8. The number of hydroxylamine groups is 2. The molecule has 6 nitrogen and oxygen atoms in total. The van der Waals surface area contributed by atoms with Gasteiger partial charge in [0.2, 0.25) is 0 Å². The average Bonchev–Trinajstić information content (AvgIpc) is 2.93. The quantitative estimate of drug-likeness (QED) is 0.273. The van der Waals surface area contributed by atoms with Crippen LogP contribution in [0.25, 0.3) is 11.1 Å². The van der Waals surface area contributed by atoms with Gasteiger partial charge in [-0.2, -0.15) is 16.8 Å². The van der Waals surface area contributed by atoms with Crippen molar-refractivity contribution in [2.75, 3.05) is 25.1 Å². The minimum atomic E-state index is -1.26. The molecular formula is C31H43LiN2O4S. The van der Waals surface area contributed by atoms with E-state index in [0.29, 0.717) is 30.3 Å². The molecular weight excluding hydrogens is 503 g/mol. The molecule has 1 atom stereocenters. The number of aliphatic carboxylic acids is 1. The molecule has 1 aliphatic rings. The van der Waals surface area contributed by atoms with Gasteiger partial charge >= 0.3 is 18.9 Å². The molecule has 1 fully saturated rings. The third-order valence-corrected chi connectivity index (χ3v) is 7.97. The number of unbranched alkanes of at least 4 members (excludes halogenated alkanes) is 1. The first-order chi connectivity index (χ1) is 18.4. The predicted molar refractivity (Wildman–Crippen MR) is 154 cm³/mol. The Labute approximate surface area is 250 Å². The number of rotatable bonds is 15. The fourth-order valence-electron chi connectivity index (χ4n) is 5.06. The Morgan fingerprint density at radius 2 is 1.87 bits per heavy atom. The third kappa shape index (κ3) is 10.6. The zero-order valence-corrected chi connectivity index (χ0v) is 25.0. The number of amides is 1. The number of hydrogen-bond donors (Lipinski definition) is 1. The third-order valence-electron chi connectivity index (χ3n) is 7.33. The van der Waals surface area contributed by atoms with Crippen molar-refractivity contribution in [2.24, 2.45) is 5.92 Å². The van der Waals surface area contributed by atoms with E-state index < -0.39 is 17.9 Å². The van der Waals surface area contributed by atoms with Gasteiger partial charge < -0.3 is 15.2 Å². The fourth-order valence-corrected chi connectivity index (χ4v) is 5.54. The van der Waals surface area contributed by atoms with Crippen molar-refractivity contribution in [1.29, 1.82) is 0 Å². The van der Waals surface area contributed by atoms with Gasteiger partial charge in [0, 0.05) is 18.7 Å². The van der Waals surface area contributed by atoms with E-state index in [9.17, 15) is 14.7 Å². The first-order valence-electron chi connectivity index (χ1n) is 14.0. The molecule has 8 heteroatoms. The standard InChI is InChI=1S/C31H44N2O4S.Li/c1-4-5-18-33(21-24-12-7-6-8-13-24)37-22-25-15-16-27(28(20-25)26-14-10-9-11-23(26)2)30(34)32-29(31(35)36)17-19-38-3;/h9-11,14-16,20,24,29H,4-8,12-13,17-19,21-22H2,1-3H3,(H,32,34)(H,35,36);/q;+1/p-1/t29-;/m0./s1. The van der Waals surface area contributed by atoms with Crippen molar-refractivity contribution < 1.29 is 38.4 Å². The zero-order valence-electron chi connectivity index (χ0n) is 24.2. The predicted octanol–water partition coefficient (Wildman–Crippen LogP) is 2.38. The largest absolute Gasteiger partial charge is 1.00 e. The van der Waals surface area contributed by atoms with Crippen LogP contribution in [-0.4, -0.2) is 48.1 Å². The van der Waals surface area contributed by atoms with Crippen LogP contribution in [0.15, 0.2) is 42.5 Å². The number of nitrogens with zero attached hydrogens (tertiary/aromatic N) is 1. The molecule has 0 radical (unpaired) electrons.